The van der Waals surface area contributed by atoms with E-state index in [1.807, 2.05) is 24.3 Å². The quantitative estimate of drug-likeness (QED) is 0.907. The zero-order valence-corrected chi connectivity index (χ0v) is 10.8. The first-order chi connectivity index (χ1) is 9.09. The number of hydrogen-bond donors (Lipinski definition) is 1. The molecule has 0 aliphatic rings. The van der Waals surface area contributed by atoms with Gasteiger partial charge in [0.1, 0.15) is 5.75 Å². The van der Waals surface area contributed by atoms with Gasteiger partial charge in [0.2, 0.25) is 0 Å². The Morgan fingerprint density at radius 2 is 1.84 bits per heavy atom. The summed E-state index contributed by atoms with van der Waals surface area (Å²) >= 11 is 0. The summed E-state index contributed by atoms with van der Waals surface area (Å²) < 4.78 is 5.72. The Hall–Kier alpha value is -2.36. The molecule has 19 heavy (non-hydrogen) atoms. The molecule has 1 aromatic heterocycles. The number of hydrogen-bond acceptors (Lipinski definition) is 3. The molecule has 0 atom stereocenters. The Bertz CT molecular complexity index is 593. The van der Waals surface area contributed by atoms with Crippen LogP contribution in [0.2, 0.25) is 0 Å². The molecule has 0 amide bonds. The lowest BCUT2D eigenvalue weighted by molar-refractivity contribution is 0.0687. The lowest BCUT2D eigenvalue weighted by Crippen LogP contribution is -2.03. The summed E-state index contributed by atoms with van der Waals surface area (Å²) in [6.45, 7) is 4.12. The molecular formula is C15H15NO3. The van der Waals surface area contributed by atoms with Crippen molar-refractivity contribution in [3.63, 3.8) is 0 Å². The molecular weight excluding hydrogens is 242 g/mol. The van der Waals surface area contributed by atoms with Gasteiger partial charge in [0.25, 0.3) is 0 Å². The van der Waals surface area contributed by atoms with E-state index < -0.39 is 5.97 Å². The minimum atomic E-state index is -1.10. The summed E-state index contributed by atoms with van der Waals surface area (Å²) in [6.07, 6.45) is 1.44. The van der Waals surface area contributed by atoms with E-state index >= 15 is 0 Å². The van der Waals surface area contributed by atoms with Crippen molar-refractivity contribution in [1.82, 2.24) is 4.98 Å². The summed E-state index contributed by atoms with van der Waals surface area (Å²) in [5.74, 6) is 0.106. The Morgan fingerprint density at radius 3 is 2.53 bits per heavy atom. The maximum atomic E-state index is 11.1. The number of pyridine rings is 1. The highest BCUT2D eigenvalue weighted by atomic mass is 16.5. The molecule has 0 saturated heterocycles. The second kappa shape index (κ2) is 5.52. The van der Waals surface area contributed by atoms with E-state index in [0.717, 1.165) is 5.56 Å². The van der Waals surface area contributed by atoms with Crippen LogP contribution in [0, 0.1) is 0 Å². The van der Waals surface area contributed by atoms with Crippen molar-refractivity contribution >= 4 is 5.97 Å². The van der Waals surface area contributed by atoms with Gasteiger partial charge in [-0.2, -0.15) is 0 Å². The third-order valence-electron chi connectivity index (χ3n) is 2.73. The van der Waals surface area contributed by atoms with E-state index in [4.69, 9.17) is 9.84 Å². The molecule has 98 valence electrons. The predicted octanol–water partition coefficient (Wildman–Crippen LogP) is 3.70. The fraction of sp³-hybridized carbons (Fsp3) is 0.200. The van der Waals surface area contributed by atoms with Crippen LogP contribution in [-0.2, 0) is 0 Å². The highest BCUT2D eigenvalue weighted by molar-refractivity contribution is 5.88. The van der Waals surface area contributed by atoms with Crippen LogP contribution in [0.1, 0.15) is 35.8 Å². The lowest BCUT2D eigenvalue weighted by atomic mass is 10.0. The zero-order valence-electron chi connectivity index (χ0n) is 10.8. The molecule has 4 nitrogen and oxygen atoms in total. The van der Waals surface area contributed by atoms with Crippen LogP contribution in [0.25, 0.3) is 0 Å². The molecule has 0 fully saturated rings. The maximum Gasteiger partial charge on any atom is 0.358 e. The fourth-order valence-corrected chi connectivity index (χ4v) is 1.80. The summed E-state index contributed by atoms with van der Waals surface area (Å²) in [5.41, 5.74) is 0.948. The number of carbonyl (C=O) groups is 1. The average molecular weight is 257 g/mol. The maximum absolute atomic E-state index is 11.1. The smallest absolute Gasteiger partial charge is 0.358 e. The van der Waals surface area contributed by atoms with Gasteiger partial charge in [0.05, 0.1) is 0 Å². The average Bonchev–Trinajstić information content (AvgIpc) is 2.39. The number of aromatic carboxylic acids is 1. The third kappa shape index (κ3) is 2.91. The first kappa shape index (κ1) is 13.1. The molecule has 0 bridgehead atoms. The Morgan fingerprint density at radius 1 is 1.16 bits per heavy atom. The molecule has 1 aromatic carbocycles. The van der Waals surface area contributed by atoms with Gasteiger partial charge in [0.15, 0.2) is 11.4 Å². The lowest BCUT2D eigenvalue weighted by Gasteiger charge is -2.14. The molecule has 0 spiro atoms. The molecule has 0 radical (unpaired) electrons. The number of carboxylic acid groups (broad SMARTS) is 1. The molecule has 0 unspecified atom stereocenters. The van der Waals surface area contributed by atoms with Crippen molar-refractivity contribution in [2.75, 3.05) is 0 Å². The largest absolute Gasteiger partial charge is 0.476 e. The van der Waals surface area contributed by atoms with Crippen molar-refractivity contribution < 1.29 is 14.6 Å². The van der Waals surface area contributed by atoms with Crippen molar-refractivity contribution in [2.45, 2.75) is 19.8 Å². The van der Waals surface area contributed by atoms with Gasteiger partial charge in [-0.3, -0.25) is 0 Å². The van der Waals surface area contributed by atoms with E-state index in [9.17, 15) is 4.79 Å². The fourth-order valence-electron chi connectivity index (χ4n) is 1.80. The Labute approximate surface area is 111 Å². The number of benzene rings is 1. The number of nitrogens with zero attached hydrogens (tertiary/aromatic N) is 1. The molecule has 2 rings (SSSR count). The topological polar surface area (TPSA) is 59.4 Å². The van der Waals surface area contributed by atoms with Crippen LogP contribution in [0.4, 0.5) is 0 Å². The minimum Gasteiger partial charge on any atom is -0.476 e. The SMILES string of the molecule is CC(C)c1ccccc1Oc1cccnc1C(=O)O. The molecule has 1 N–H and O–H groups in total. The van der Waals surface area contributed by atoms with E-state index in [1.165, 1.54) is 6.20 Å². The molecule has 0 aliphatic carbocycles. The van der Waals surface area contributed by atoms with Crippen LogP contribution in [0.5, 0.6) is 11.5 Å². The predicted molar refractivity (Wildman–Crippen MR) is 71.8 cm³/mol. The third-order valence-corrected chi connectivity index (χ3v) is 2.73. The Balaban J connectivity index is 2.39. The Kier molecular flexibility index (Phi) is 3.80. The van der Waals surface area contributed by atoms with E-state index in [2.05, 4.69) is 18.8 Å². The standard InChI is InChI=1S/C15H15NO3/c1-10(2)11-6-3-4-7-12(11)19-13-8-5-9-16-14(13)15(17)18/h3-10H,1-2H3,(H,17,18). The van der Waals surface area contributed by atoms with Crippen LogP contribution in [0.15, 0.2) is 42.6 Å². The zero-order chi connectivity index (χ0) is 13.8. The van der Waals surface area contributed by atoms with E-state index in [1.54, 1.807) is 12.1 Å². The van der Waals surface area contributed by atoms with E-state index in [-0.39, 0.29) is 11.4 Å². The molecule has 1 heterocycles. The summed E-state index contributed by atoms with van der Waals surface area (Å²) in [7, 11) is 0. The first-order valence-electron chi connectivity index (χ1n) is 6.04. The van der Waals surface area contributed by atoms with Crippen molar-refractivity contribution in [1.29, 1.82) is 0 Å². The second-order valence-corrected chi connectivity index (χ2v) is 4.45. The van der Waals surface area contributed by atoms with Gasteiger partial charge in [0, 0.05) is 6.20 Å². The van der Waals surface area contributed by atoms with Gasteiger partial charge < -0.3 is 9.84 Å². The monoisotopic (exact) mass is 257 g/mol. The van der Waals surface area contributed by atoms with Crippen LogP contribution < -0.4 is 4.74 Å². The van der Waals surface area contributed by atoms with Crippen molar-refractivity contribution in [3.05, 3.63) is 53.9 Å². The summed E-state index contributed by atoms with van der Waals surface area (Å²) in [5, 5.41) is 9.08. The normalized spacial score (nSPS) is 10.5. The molecule has 2 aromatic rings. The number of aromatic nitrogens is 1. The number of para-hydroxylation sites is 1. The van der Waals surface area contributed by atoms with E-state index in [0.29, 0.717) is 11.7 Å². The molecule has 0 saturated carbocycles. The number of ether oxygens (including phenoxy) is 1. The van der Waals surface area contributed by atoms with Crippen LogP contribution in [-0.4, -0.2) is 16.1 Å². The summed E-state index contributed by atoms with van der Waals surface area (Å²) in [4.78, 5) is 14.9. The highest BCUT2D eigenvalue weighted by Gasteiger charge is 2.15. The second-order valence-electron chi connectivity index (χ2n) is 4.45. The van der Waals surface area contributed by atoms with Crippen molar-refractivity contribution in [3.8, 4) is 11.5 Å². The number of rotatable bonds is 4. The van der Waals surface area contributed by atoms with Gasteiger partial charge in [-0.05, 0) is 29.7 Å². The first-order valence-corrected chi connectivity index (χ1v) is 6.04. The summed E-state index contributed by atoms with van der Waals surface area (Å²) in [6, 6.07) is 10.8. The van der Waals surface area contributed by atoms with Gasteiger partial charge in [-0.15, -0.1) is 0 Å². The minimum absolute atomic E-state index is 0.0824. The highest BCUT2D eigenvalue weighted by Crippen LogP contribution is 2.31. The molecule has 0 aliphatic heterocycles. The van der Waals surface area contributed by atoms with Gasteiger partial charge >= 0.3 is 5.97 Å². The number of carboxylic acids is 1. The van der Waals surface area contributed by atoms with Gasteiger partial charge in [-0.25, -0.2) is 9.78 Å². The molecule has 4 heteroatoms. The van der Waals surface area contributed by atoms with Crippen molar-refractivity contribution in [2.24, 2.45) is 0 Å². The van der Waals surface area contributed by atoms with Gasteiger partial charge in [-0.1, -0.05) is 32.0 Å². The van der Waals surface area contributed by atoms with Crippen LogP contribution >= 0.6 is 0 Å². The van der Waals surface area contributed by atoms with Crippen LogP contribution in [0.3, 0.4) is 0 Å².